The molecular weight excluding hydrogens is 207 g/mol. The van der Waals surface area contributed by atoms with Crippen LogP contribution in [0.25, 0.3) is 0 Å². The highest BCUT2D eigenvalue weighted by Gasteiger charge is 2.32. The largest absolute Gasteiger partial charge is 0.461 e. The Labute approximate surface area is 84.3 Å². The summed E-state index contributed by atoms with van der Waals surface area (Å²) in [6, 6.07) is 0. The number of carbonyl (C=O) groups is 1. The van der Waals surface area contributed by atoms with Gasteiger partial charge in [0.25, 0.3) is 0 Å². The summed E-state index contributed by atoms with van der Waals surface area (Å²) >= 11 is 0. The Balaban J connectivity index is 3.87. The molecule has 0 unspecified atom stereocenters. The van der Waals surface area contributed by atoms with E-state index in [0.29, 0.717) is 6.42 Å². The predicted octanol–water partition coefficient (Wildman–Crippen LogP) is 0.705. The smallest absolute Gasteiger partial charge is 0.407 e. The molecule has 0 amide bonds. The third kappa shape index (κ3) is 5.50. The van der Waals surface area contributed by atoms with Crippen LogP contribution in [0.4, 0.5) is 0 Å². The number of carbonyl (C=O) groups excluding carboxylic acids is 1. The third-order valence-electron chi connectivity index (χ3n) is 2.06. The van der Waals surface area contributed by atoms with E-state index in [1.807, 2.05) is 6.92 Å². The zero-order valence-corrected chi connectivity index (χ0v) is 9.62. The molecule has 0 aromatic rings. The van der Waals surface area contributed by atoms with E-state index >= 15 is 0 Å². The SMILES string of the molecule is CCC(C)(C)C(=O)OCC[P+](O)(O)O. The molecule has 0 rings (SSSR count). The molecule has 0 aliphatic rings. The van der Waals surface area contributed by atoms with Gasteiger partial charge in [-0.15, -0.1) is 0 Å². The summed E-state index contributed by atoms with van der Waals surface area (Å²) in [6.07, 6.45) is 0.335. The molecule has 0 aromatic carbocycles. The van der Waals surface area contributed by atoms with Crippen LogP contribution in [-0.2, 0) is 9.53 Å². The highest BCUT2D eigenvalue weighted by Crippen LogP contribution is 2.43. The van der Waals surface area contributed by atoms with Gasteiger partial charge in [0.1, 0.15) is 6.61 Å². The van der Waals surface area contributed by atoms with Crippen LogP contribution in [-0.4, -0.2) is 33.4 Å². The molecular formula is C8H18O5P+. The van der Waals surface area contributed by atoms with Gasteiger partial charge in [0.05, 0.1) is 5.41 Å². The Morgan fingerprint density at radius 1 is 1.36 bits per heavy atom. The predicted molar refractivity (Wildman–Crippen MR) is 53.5 cm³/mol. The molecule has 0 heterocycles. The van der Waals surface area contributed by atoms with Crippen molar-refractivity contribution in [2.24, 2.45) is 5.41 Å². The molecule has 3 N–H and O–H groups in total. The number of ether oxygens (including phenoxy) is 1. The summed E-state index contributed by atoms with van der Waals surface area (Å²) in [4.78, 5) is 37.2. The lowest BCUT2D eigenvalue weighted by Gasteiger charge is -2.19. The lowest BCUT2D eigenvalue weighted by atomic mass is 9.91. The Hall–Kier alpha value is -0.220. The highest BCUT2D eigenvalue weighted by molar-refractivity contribution is 7.58. The number of rotatable bonds is 5. The highest BCUT2D eigenvalue weighted by atomic mass is 31.2. The average molecular weight is 225 g/mol. The van der Waals surface area contributed by atoms with E-state index in [-0.39, 0.29) is 12.8 Å². The zero-order chi connectivity index (χ0) is 11.4. The molecule has 6 heteroatoms. The van der Waals surface area contributed by atoms with Crippen LogP contribution in [0.1, 0.15) is 27.2 Å². The van der Waals surface area contributed by atoms with Gasteiger partial charge in [-0.2, -0.15) is 14.7 Å². The van der Waals surface area contributed by atoms with Gasteiger partial charge < -0.3 is 4.74 Å². The second-order valence-corrected chi connectivity index (χ2v) is 5.62. The first-order valence-corrected chi connectivity index (χ1v) is 6.26. The van der Waals surface area contributed by atoms with E-state index in [1.54, 1.807) is 13.8 Å². The van der Waals surface area contributed by atoms with Crippen LogP contribution >= 0.6 is 7.94 Å². The summed E-state index contributed by atoms with van der Waals surface area (Å²) < 4.78 is 4.78. The van der Waals surface area contributed by atoms with Gasteiger partial charge in [0, 0.05) is 0 Å². The van der Waals surface area contributed by atoms with E-state index in [0.717, 1.165) is 0 Å². The van der Waals surface area contributed by atoms with E-state index in [9.17, 15) is 4.79 Å². The monoisotopic (exact) mass is 225 g/mol. The van der Waals surface area contributed by atoms with Gasteiger partial charge in [0.2, 0.25) is 0 Å². The van der Waals surface area contributed by atoms with Crippen molar-refractivity contribution in [2.75, 3.05) is 12.8 Å². The van der Waals surface area contributed by atoms with Crippen molar-refractivity contribution in [3.63, 3.8) is 0 Å². The molecule has 0 saturated heterocycles. The molecule has 84 valence electrons. The van der Waals surface area contributed by atoms with E-state index in [4.69, 9.17) is 19.4 Å². The minimum Gasteiger partial charge on any atom is -0.461 e. The fourth-order valence-corrected chi connectivity index (χ4v) is 0.937. The lowest BCUT2D eigenvalue weighted by molar-refractivity contribution is -0.153. The fourth-order valence-electron chi connectivity index (χ4n) is 0.601. The standard InChI is InChI=1S/C8H18O5P/c1-4-8(2,3)7(9)13-5-6-14(10,11)12/h10-12H,4-6H2,1-3H3/q+1. The van der Waals surface area contributed by atoms with Crippen molar-refractivity contribution in [3.8, 4) is 0 Å². The summed E-state index contributed by atoms with van der Waals surface area (Å²) in [5.41, 5.74) is -0.568. The van der Waals surface area contributed by atoms with Crippen molar-refractivity contribution in [3.05, 3.63) is 0 Å². The molecule has 14 heavy (non-hydrogen) atoms. The maximum absolute atomic E-state index is 11.3. The zero-order valence-electron chi connectivity index (χ0n) is 8.73. The molecule has 0 saturated carbocycles. The quantitative estimate of drug-likeness (QED) is 0.473. The van der Waals surface area contributed by atoms with Gasteiger partial charge in [-0.1, -0.05) is 6.92 Å². The molecule has 0 radical (unpaired) electrons. The maximum atomic E-state index is 11.3. The molecule has 0 aliphatic carbocycles. The second kappa shape index (κ2) is 5.03. The van der Waals surface area contributed by atoms with Crippen LogP contribution in [0.3, 0.4) is 0 Å². The van der Waals surface area contributed by atoms with Crippen LogP contribution < -0.4 is 0 Å². The molecule has 0 atom stereocenters. The molecule has 0 fully saturated rings. The van der Waals surface area contributed by atoms with Crippen molar-refractivity contribution in [1.82, 2.24) is 0 Å². The summed E-state index contributed by atoms with van der Waals surface area (Å²) in [5.74, 6) is -0.395. The van der Waals surface area contributed by atoms with Crippen molar-refractivity contribution in [1.29, 1.82) is 0 Å². The Kier molecular flexibility index (Phi) is 4.95. The van der Waals surface area contributed by atoms with Gasteiger partial charge >= 0.3 is 13.9 Å². The van der Waals surface area contributed by atoms with Crippen LogP contribution in [0.15, 0.2) is 0 Å². The molecule has 0 aliphatic heterocycles. The van der Waals surface area contributed by atoms with Crippen LogP contribution in [0, 0.1) is 5.41 Å². The first kappa shape index (κ1) is 13.8. The number of hydrogen-bond donors (Lipinski definition) is 3. The Morgan fingerprint density at radius 3 is 2.21 bits per heavy atom. The van der Waals surface area contributed by atoms with Gasteiger partial charge in [-0.05, 0) is 20.3 Å². The Bertz CT molecular complexity index is 196. The fraction of sp³-hybridized carbons (Fsp3) is 0.875. The maximum Gasteiger partial charge on any atom is 0.407 e. The topological polar surface area (TPSA) is 87.0 Å². The van der Waals surface area contributed by atoms with E-state index < -0.39 is 19.3 Å². The van der Waals surface area contributed by atoms with Crippen molar-refractivity contribution >= 4 is 13.9 Å². The molecule has 0 aromatic heterocycles. The molecule has 0 bridgehead atoms. The normalized spacial score (nSPS) is 12.7. The number of esters is 1. The minimum atomic E-state index is -3.81. The van der Waals surface area contributed by atoms with Gasteiger partial charge in [0.15, 0.2) is 6.16 Å². The third-order valence-corrected chi connectivity index (χ3v) is 2.84. The first-order valence-electron chi connectivity index (χ1n) is 4.42. The Morgan fingerprint density at radius 2 is 1.86 bits per heavy atom. The van der Waals surface area contributed by atoms with Crippen LogP contribution in [0.2, 0.25) is 0 Å². The number of hydrogen-bond acceptors (Lipinski definition) is 5. The molecule has 5 nitrogen and oxygen atoms in total. The van der Waals surface area contributed by atoms with E-state index in [1.165, 1.54) is 0 Å². The van der Waals surface area contributed by atoms with Crippen molar-refractivity contribution in [2.45, 2.75) is 27.2 Å². The van der Waals surface area contributed by atoms with Crippen LogP contribution in [0.5, 0.6) is 0 Å². The molecule has 0 spiro atoms. The average Bonchev–Trinajstić information content (AvgIpc) is 2.02. The first-order chi connectivity index (χ1) is 6.19. The second-order valence-electron chi connectivity index (χ2n) is 3.79. The summed E-state index contributed by atoms with van der Waals surface area (Å²) in [5, 5.41) is 0. The van der Waals surface area contributed by atoms with Gasteiger partial charge in [-0.25, -0.2) is 0 Å². The summed E-state index contributed by atoms with van der Waals surface area (Å²) in [7, 11) is -3.81. The van der Waals surface area contributed by atoms with Crippen molar-refractivity contribution < 1.29 is 24.2 Å². The lowest BCUT2D eigenvalue weighted by Crippen LogP contribution is -2.26. The van der Waals surface area contributed by atoms with Gasteiger partial charge in [-0.3, -0.25) is 4.79 Å². The summed E-state index contributed by atoms with van der Waals surface area (Å²) in [6.45, 7) is 5.19. The minimum absolute atomic E-state index is 0.167. The van der Waals surface area contributed by atoms with E-state index in [2.05, 4.69) is 0 Å².